The summed E-state index contributed by atoms with van der Waals surface area (Å²) in [5, 5.41) is 8.93. The highest BCUT2D eigenvalue weighted by atomic mass is 35.5. The number of rotatable bonds is 17. The SMILES string of the molecule is CCCCNc1nc(Cl)nc(NCCOCCOCCOCCNC(=O)OC(C)(C)C)n1. The zero-order chi connectivity index (χ0) is 23.7. The molecular weight excluding hydrogens is 440 g/mol. The highest BCUT2D eigenvalue weighted by Crippen LogP contribution is 2.09. The Morgan fingerprint density at radius 3 is 1.94 bits per heavy atom. The molecule has 1 amide bonds. The molecule has 1 heterocycles. The number of carbonyl (C=O) groups excluding carboxylic acids is 1. The zero-order valence-corrected chi connectivity index (χ0v) is 20.3. The Kier molecular flexibility index (Phi) is 14.6. The maximum atomic E-state index is 11.4. The zero-order valence-electron chi connectivity index (χ0n) is 19.5. The third-order valence-corrected chi connectivity index (χ3v) is 3.78. The average molecular weight is 477 g/mol. The third-order valence-electron chi connectivity index (χ3n) is 3.61. The fraction of sp³-hybridized carbons (Fsp3) is 0.800. The second-order valence-corrected chi connectivity index (χ2v) is 8.06. The molecule has 0 aliphatic heterocycles. The van der Waals surface area contributed by atoms with Crippen LogP contribution >= 0.6 is 11.6 Å². The first-order chi connectivity index (χ1) is 15.3. The quantitative estimate of drug-likeness (QED) is 0.288. The van der Waals surface area contributed by atoms with E-state index in [2.05, 4.69) is 37.8 Å². The Bertz CT molecular complexity index is 647. The standard InChI is InChI=1S/C20H37ClN6O5/c1-5-6-7-22-17-25-16(21)26-18(27-17)23-8-10-29-12-14-31-15-13-30-11-9-24-19(28)32-20(2,3)4/h5-15H2,1-4H3,(H,24,28)(H2,22,23,25,26,27). The Labute approximate surface area is 195 Å². The van der Waals surface area contributed by atoms with E-state index in [9.17, 15) is 4.79 Å². The van der Waals surface area contributed by atoms with Gasteiger partial charge in [0.1, 0.15) is 5.60 Å². The molecule has 0 aliphatic rings. The molecule has 0 spiro atoms. The van der Waals surface area contributed by atoms with Crippen LogP contribution < -0.4 is 16.0 Å². The van der Waals surface area contributed by atoms with E-state index in [1.54, 1.807) is 0 Å². The van der Waals surface area contributed by atoms with Gasteiger partial charge in [0.05, 0.1) is 39.6 Å². The minimum Gasteiger partial charge on any atom is -0.444 e. The highest BCUT2D eigenvalue weighted by molar-refractivity contribution is 6.28. The average Bonchev–Trinajstić information content (AvgIpc) is 2.70. The van der Waals surface area contributed by atoms with E-state index in [0.717, 1.165) is 19.4 Å². The summed E-state index contributed by atoms with van der Waals surface area (Å²) in [5.74, 6) is 0.861. The summed E-state index contributed by atoms with van der Waals surface area (Å²) in [7, 11) is 0. The summed E-state index contributed by atoms with van der Waals surface area (Å²) in [6, 6.07) is 0. The molecule has 0 aromatic carbocycles. The van der Waals surface area contributed by atoms with Gasteiger partial charge in [0.2, 0.25) is 17.2 Å². The molecule has 3 N–H and O–H groups in total. The first-order valence-electron chi connectivity index (χ1n) is 10.9. The van der Waals surface area contributed by atoms with Crippen molar-refractivity contribution in [3.8, 4) is 0 Å². The first kappa shape index (κ1) is 28.1. The Hall–Kier alpha value is -1.95. The summed E-state index contributed by atoms with van der Waals surface area (Å²) in [6.07, 6.45) is 1.66. The number of halogens is 1. The minimum absolute atomic E-state index is 0.138. The van der Waals surface area contributed by atoms with Crippen LogP contribution in [-0.4, -0.2) is 85.9 Å². The maximum absolute atomic E-state index is 11.4. The van der Waals surface area contributed by atoms with E-state index in [1.807, 2.05) is 20.8 Å². The Morgan fingerprint density at radius 2 is 1.38 bits per heavy atom. The Morgan fingerprint density at radius 1 is 0.844 bits per heavy atom. The molecule has 12 heteroatoms. The number of nitrogens with one attached hydrogen (secondary N) is 3. The van der Waals surface area contributed by atoms with Crippen molar-refractivity contribution in [3.05, 3.63) is 5.28 Å². The monoisotopic (exact) mass is 476 g/mol. The van der Waals surface area contributed by atoms with Crippen LogP contribution in [0.15, 0.2) is 0 Å². The van der Waals surface area contributed by atoms with Gasteiger partial charge in [0, 0.05) is 19.6 Å². The molecule has 1 aromatic rings. The molecule has 1 rings (SSSR count). The van der Waals surface area contributed by atoms with Gasteiger partial charge < -0.3 is 34.9 Å². The van der Waals surface area contributed by atoms with Crippen molar-refractivity contribution < 1.29 is 23.7 Å². The van der Waals surface area contributed by atoms with E-state index in [-0.39, 0.29) is 5.28 Å². The lowest BCUT2D eigenvalue weighted by atomic mass is 10.2. The van der Waals surface area contributed by atoms with Gasteiger partial charge in [-0.15, -0.1) is 0 Å². The largest absolute Gasteiger partial charge is 0.444 e. The smallest absolute Gasteiger partial charge is 0.407 e. The predicted octanol–water partition coefficient (Wildman–Crippen LogP) is 2.72. The number of anilines is 2. The van der Waals surface area contributed by atoms with E-state index in [4.69, 9.17) is 30.5 Å². The number of carbonyl (C=O) groups is 1. The van der Waals surface area contributed by atoms with Crippen molar-refractivity contribution >= 4 is 29.6 Å². The van der Waals surface area contributed by atoms with Crippen LogP contribution in [0.4, 0.5) is 16.7 Å². The minimum atomic E-state index is -0.508. The lowest BCUT2D eigenvalue weighted by molar-refractivity contribution is 0.0157. The lowest BCUT2D eigenvalue weighted by Crippen LogP contribution is -2.34. The van der Waals surface area contributed by atoms with Crippen LogP contribution in [-0.2, 0) is 18.9 Å². The molecular formula is C20H37ClN6O5. The molecule has 11 nitrogen and oxygen atoms in total. The maximum Gasteiger partial charge on any atom is 0.407 e. The van der Waals surface area contributed by atoms with Gasteiger partial charge in [-0.2, -0.15) is 15.0 Å². The summed E-state index contributed by atoms with van der Waals surface area (Å²) in [6.45, 7) is 11.9. The van der Waals surface area contributed by atoms with E-state index in [1.165, 1.54) is 0 Å². The number of alkyl carbamates (subject to hydrolysis) is 1. The van der Waals surface area contributed by atoms with Gasteiger partial charge in [-0.25, -0.2) is 4.79 Å². The second-order valence-electron chi connectivity index (χ2n) is 7.72. The highest BCUT2D eigenvalue weighted by Gasteiger charge is 2.15. The molecule has 0 unspecified atom stereocenters. The van der Waals surface area contributed by atoms with Crippen molar-refractivity contribution in [2.24, 2.45) is 0 Å². The van der Waals surface area contributed by atoms with Crippen LogP contribution in [0.1, 0.15) is 40.5 Å². The predicted molar refractivity (Wildman–Crippen MR) is 123 cm³/mol. The molecule has 32 heavy (non-hydrogen) atoms. The number of nitrogens with zero attached hydrogens (tertiary/aromatic N) is 3. The van der Waals surface area contributed by atoms with Crippen LogP contribution in [0.5, 0.6) is 0 Å². The number of aromatic nitrogens is 3. The van der Waals surface area contributed by atoms with Gasteiger partial charge in [0.25, 0.3) is 0 Å². The molecule has 1 aromatic heterocycles. The third kappa shape index (κ3) is 15.8. The summed E-state index contributed by atoms with van der Waals surface area (Å²) in [4.78, 5) is 23.8. The van der Waals surface area contributed by atoms with Gasteiger partial charge in [-0.1, -0.05) is 13.3 Å². The number of unbranched alkanes of at least 4 members (excludes halogenated alkanes) is 1. The van der Waals surface area contributed by atoms with Crippen molar-refractivity contribution in [3.63, 3.8) is 0 Å². The molecule has 0 fully saturated rings. The molecule has 0 radical (unpaired) electrons. The van der Waals surface area contributed by atoms with Gasteiger partial charge in [-0.3, -0.25) is 0 Å². The number of hydrogen-bond donors (Lipinski definition) is 3. The molecule has 0 aliphatic carbocycles. The van der Waals surface area contributed by atoms with Crippen molar-refractivity contribution in [1.82, 2.24) is 20.3 Å². The summed E-state index contributed by atoms with van der Waals surface area (Å²) >= 11 is 5.93. The van der Waals surface area contributed by atoms with E-state index < -0.39 is 11.7 Å². The van der Waals surface area contributed by atoms with Gasteiger partial charge in [-0.05, 0) is 38.8 Å². The normalized spacial score (nSPS) is 11.3. The topological polar surface area (TPSA) is 129 Å². The number of hydrogen-bond acceptors (Lipinski definition) is 10. The first-order valence-corrected chi connectivity index (χ1v) is 11.3. The molecule has 0 saturated heterocycles. The van der Waals surface area contributed by atoms with Crippen LogP contribution in [0, 0.1) is 0 Å². The summed E-state index contributed by atoms with van der Waals surface area (Å²) < 4.78 is 21.4. The number of ether oxygens (including phenoxy) is 4. The van der Waals surface area contributed by atoms with Crippen LogP contribution in [0.25, 0.3) is 0 Å². The van der Waals surface area contributed by atoms with Crippen molar-refractivity contribution in [1.29, 1.82) is 0 Å². The van der Waals surface area contributed by atoms with Crippen molar-refractivity contribution in [2.75, 3.05) is 69.9 Å². The van der Waals surface area contributed by atoms with Gasteiger partial charge in [0.15, 0.2) is 0 Å². The lowest BCUT2D eigenvalue weighted by Gasteiger charge is -2.19. The fourth-order valence-electron chi connectivity index (χ4n) is 2.20. The molecule has 0 bridgehead atoms. The molecule has 0 saturated carbocycles. The molecule has 0 atom stereocenters. The van der Waals surface area contributed by atoms with E-state index >= 15 is 0 Å². The summed E-state index contributed by atoms with van der Waals surface area (Å²) in [5.41, 5.74) is -0.508. The van der Waals surface area contributed by atoms with E-state index in [0.29, 0.717) is 64.6 Å². The Balaban J connectivity index is 1.95. The van der Waals surface area contributed by atoms with Crippen LogP contribution in [0.2, 0.25) is 5.28 Å². The molecule has 184 valence electrons. The second kappa shape index (κ2) is 16.7. The van der Waals surface area contributed by atoms with Crippen LogP contribution in [0.3, 0.4) is 0 Å². The van der Waals surface area contributed by atoms with Gasteiger partial charge >= 0.3 is 6.09 Å². The number of amides is 1. The van der Waals surface area contributed by atoms with Crippen molar-refractivity contribution in [2.45, 2.75) is 46.1 Å². The fourth-order valence-corrected chi connectivity index (χ4v) is 2.36.